The minimum atomic E-state index is -0.185. The van der Waals surface area contributed by atoms with Gasteiger partial charge in [0.15, 0.2) is 5.65 Å². The zero-order valence-electron chi connectivity index (χ0n) is 13.8. The Kier molecular flexibility index (Phi) is 2.99. The van der Waals surface area contributed by atoms with Crippen molar-refractivity contribution < 1.29 is 0 Å². The molecule has 0 aliphatic carbocycles. The summed E-state index contributed by atoms with van der Waals surface area (Å²) in [6.07, 6.45) is 1.72. The minimum absolute atomic E-state index is 0.185. The molecular formula is C18H13N7O. The van der Waals surface area contributed by atoms with Crippen LogP contribution in [-0.2, 0) is 0 Å². The Labute approximate surface area is 146 Å². The second-order valence-electron chi connectivity index (χ2n) is 5.99. The molecule has 5 aromatic rings. The number of H-pyrrole nitrogens is 2. The predicted octanol–water partition coefficient (Wildman–Crippen LogP) is 2.33. The maximum Gasteiger partial charge on any atom is 0.273 e. The molecule has 26 heavy (non-hydrogen) atoms. The average Bonchev–Trinajstić information content (AvgIpc) is 3.25. The van der Waals surface area contributed by atoms with Gasteiger partial charge in [0.25, 0.3) is 5.56 Å². The van der Waals surface area contributed by atoms with Crippen LogP contribution in [0.1, 0.15) is 5.69 Å². The predicted molar refractivity (Wildman–Crippen MR) is 96.7 cm³/mol. The number of pyridine rings is 1. The summed E-state index contributed by atoms with van der Waals surface area (Å²) in [5.41, 5.74) is 5.63. The first kappa shape index (κ1) is 14.5. The van der Waals surface area contributed by atoms with Gasteiger partial charge < -0.3 is 0 Å². The number of aryl methyl sites for hydroxylation is 1. The maximum absolute atomic E-state index is 12.6. The van der Waals surface area contributed by atoms with E-state index in [2.05, 4.69) is 25.5 Å². The quantitative estimate of drug-likeness (QED) is 0.512. The van der Waals surface area contributed by atoms with Crippen LogP contribution in [0.2, 0.25) is 0 Å². The largest absolute Gasteiger partial charge is 0.293 e. The molecule has 0 unspecified atom stereocenters. The van der Waals surface area contributed by atoms with Crippen molar-refractivity contribution in [1.29, 1.82) is 0 Å². The van der Waals surface area contributed by atoms with Crippen LogP contribution in [0.3, 0.4) is 0 Å². The second-order valence-corrected chi connectivity index (χ2v) is 5.99. The van der Waals surface area contributed by atoms with Gasteiger partial charge in [-0.3, -0.25) is 14.9 Å². The number of nitrogens with zero attached hydrogens (tertiary/aromatic N) is 5. The Balaban J connectivity index is 1.79. The molecule has 0 spiro atoms. The van der Waals surface area contributed by atoms with Gasteiger partial charge in [0.1, 0.15) is 11.0 Å². The van der Waals surface area contributed by atoms with Crippen LogP contribution >= 0.6 is 0 Å². The van der Waals surface area contributed by atoms with E-state index >= 15 is 0 Å². The van der Waals surface area contributed by atoms with Crippen LogP contribution in [0.25, 0.3) is 39.2 Å². The number of fused-ring (bicyclic) bond motifs is 2. The number of aromatic amines is 2. The third-order valence-electron chi connectivity index (χ3n) is 4.33. The normalized spacial score (nSPS) is 11.4. The highest BCUT2D eigenvalue weighted by Gasteiger charge is 2.16. The fourth-order valence-corrected chi connectivity index (χ4v) is 3.11. The molecule has 8 nitrogen and oxygen atoms in total. The van der Waals surface area contributed by atoms with E-state index in [0.29, 0.717) is 11.3 Å². The van der Waals surface area contributed by atoms with Crippen LogP contribution in [0, 0.1) is 6.92 Å². The number of rotatable bonds is 2. The molecular weight excluding hydrogens is 330 g/mol. The molecule has 0 atom stereocenters. The highest BCUT2D eigenvalue weighted by molar-refractivity contribution is 5.82. The minimum Gasteiger partial charge on any atom is -0.293 e. The Morgan fingerprint density at radius 2 is 1.88 bits per heavy atom. The van der Waals surface area contributed by atoms with E-state index in [1.807, 2.05) is 43.3 Å². The number of aromatic nitrogens is 7. The summed E-state index contributed by atoms with van der Waals surface area (Å²) in [6, 6.07) is 12.8. The highest BCUT2D eigenvalue weighted by Crippen LogP contribution is 2.26. The van der Waals surface area contributed by atoms with E-state index in [0.717, 1.165) is 33.5 Å². The Hall–Kier alpha value is -3.81. The average molecular weight is 343 g/mol. The maximum atomic E-state index is 12.6. The van der Waals surface area contributed by atoms with E-state index < -0.39 is 0 Å². The zero-order valence-corrected chi connectivity index (χ0v) is 13.8. The van der Waals surface area contributed by atoms with Gasteiger partial charge in [-0.05, 0) is 31.2 Å². The van der Waals surface area contributed by atoms with Crippen LogP contribution in [0.5, 0.6) is 0 Å². The lowest BCUT2D eigenvalue weighted by atomic mass is 10.1. The van der Waals surface area contributed by atoms with Crippen molar-refractivity contribution in [3.05, 3.63) is 64.7 Å². The molecule has 4 aromatic heterocycles. The van der Waals surface area contributed by atoms with Crippen molar-refractivity contribution in [2.24, 2.45) is 0 Å². The molecule has 0 aliphatic heterocycles. The first-order valence-corrected chi connectivity index (χ1v) is 8.05. The monoisotopic (exact) mass is 343 g/mol. The number of hydrogen-bond donors (Lipinski definition) is 2. The van der Waals surface area contributed by atoms with Crippen molar-refractivity contribution in [3.8, 4) is 22.5 Å². The van der Waals surface area contributed by atoms with Crippen LogP contribution in [0.4, 0.5) is 0 Å². The lowest BCUT2D eigenvalue weighted by molar-refractivity contribution is 0.882. The molecule has 8 heteroatoms. The van der Waals surface area contributed by atoms with Crippen molar-refractivity contribution in [2.75, 3.05) is 0 Å². The molecule has 126 valence electrons. The first-order valence-electron chi connectivity index (χ1n) is 8.05. The molecule has 0 amide bonds. The highest BCUT2D eigenvalue weighted by atomic mass is 16.1. The van der Waals surface area contributed by atoms with Gasteiger partial charge in [-0.2, -0.15) is 15.4 Å². The molecule has 0 saturated heterocycles. The van der Waals surface area contributed by atoms with Gasteiger partial charge in [-0.25, -0.2) is 9.50 Å². The van der Waals surface area contributed by atoms with Crippen molar-refractivity contribution in [3.63, 3.8) is 0 Å². The summed E-state index contributed by atoms with van der Waals surface area (Å²) in [4.78, 5) is 21.7. The molecule has 0 fully saturated rings. The molecule has 0 aliphatic rings. The van der Waals surface area contributed by atoms with Crippen LogP contribution in [0.15, 0.2) is 53.5 Å². The van der Waals surface area contributed by atoms with Crippen molar-refractivity contribution >= 4 is 16.7 Å². The summed E-state index contributed by atoms with van der Waals surface area (Å²) in [6.45, 7) is 1.90. The lowest BCUT2D eigenvalue weighted by Gasteiger charge is -2.03. The molecule has 2 N–H and O–H groups in total. The third kappa shape index (κ3) is 2.12. The van der Waals surface area contributed by atoms with E-state index in [1.165, 1.54) is 10.6 Å². The van der Waals surface area contributed by atoms with Gasteiger partial charge in [-0.15, -0.1) is 0 Å². The van der Waals surface area contributed by atoms with E-state index in [4.69, 9.17) is 4.98 Å². The molecule has 4 heterocycles. The Morgan fingerprint density at radius 3 is 2.73 bits per heavy atom. The number of hydrogen-bond acceptors (Lipinski definition) is 5. The standard InChI is InChI=1S/C18H13N7O/c1-10-17(13-4-2-3-7-19-13)18-20-14(9-16(26)25(18)23-10)11-5-6-12-15(8-11)22-24-21-12/h2-9,23H,1H3,(H,21,22,24). The van der Waals surface area contributed by atoms with E-state index in [1.54, 1.807) is 6.20 Å². The topological polar surface area (TPSA) is 105 Å². The molecule has 0 saturated carbocycles. The number of benzene rings is 1. The number of nitrogens with one attached hydrogen (secondary N) is 2. The van der Waals surface area contributed by atoms with Crippen LogP contribution < -0.4 is 5.56 Å². The molecule has 0 bridgehead atoms. The fraction of sp³-hybridized carbons (Fsp3) is 0.0556. The van der Waals surface area contributed by atoms with E-state index in [-0.39, 0.29) is 5.56 Å². The molecule has 1 aromatic carbocycles. The first-order chi connectivity index (χ1) is 12.7. The van der Waals surface area contributed by atoms with Crippen LogP contribution in [-0.4, -0.2) is 35.0 Å². The summed E-state index contributed by atoms with van der Waals surface area (Å²) >= 11 is 0. The SMILES string of the molecule is Cc1[nH]n2c(=O)cc(-c3ccc4n[nH]nc4c3)nc2c1-c1ccccn1. The second kappa shape index (κ2) is 5.35. The molecule has 0 radical (unpaired) electrons. The smallest absolute Gasteiger partial charge is 0.273 e. The lowest BCUT2D eigenvalue weighted by Crippen LogP contribution is -2.14. The van der Waals surface area contributed by atoms with Gasteiger partial charge in [0.05, 0.1) is 17.0 Å². The summed E-state index contributed by atoms with van der Waals surface area (Å²) in [7, 11) is 0. The van der Waals surface area contributed by atoms with Gasteiger partial charge >= 0.3 is 0 Å². The van der Waals surface area contributed by atoms with Crippen molar-refractivity contribution in [2.45, 2.75) is 6.92 Å². The fourth-order valence-electron chi connectivity index (χ4n) is 3.11. The van der Waals surface area contributed by atoms with Gasteiger partial charge in [-0.1, -0.05) is 12.1 Å². The third-order valence-corrected chi connectivity index (χ3v) is 4.33. The van der Waals surface area contributed by atoms with Crippen molar-refractivity contribution in [1.82, 2.24) is 35.0 Å². The summed E-state index contributed by atoms with van der Waals surface area (Å²) in [5, 5.41) is 13.8. The molecule has 5 rings (SSSR count). The Morgan fingerprint density at radius 1 is 1.00 bits per heavy atom. The zero-order chi connectivity index (χ0) is 17.7. The van der Waals surface area contributed by atoms with Gasteiger partial charge in [0, 0.05) is 23.5 Å². The summed E-state index contributed by atoms with van der Waals surface area (Å²) in [5.74, 6) is 0. The van der Waals surface area contributed by atoms with E-state index in [9.17, 15) is 4.79 Å². The van der Waals surface area contributed by atoms with Gasteiger partial charge in [0.2, 0.25) is 0 Å². The summed E-state index contributed by atoms with van der Waals surface area (Å²) < 4.78 is 1.44. The Bertz CT molecular complexity index is 1310.